The lowest BCUT2D eigenvalue weighted by atomic mass is 10.3. The van der Waals surface area contributed by atoms with Crippen LogP contribution in [0.3, 0.4) is 0 Å². The number of nitrogens with zero attached hydrogens (tertiary/aromatic N) is 1. The number of ether oxygens (including phenoxy) is 1. The number of likely N-dealkylation sites (N-methyl/N-ethyl adjacent to an activating group) is 1. The molecule has 0 amide bonds. The minimum Gasteiger partial charge on any atom is -0.393 e. The monoisotopic (exact) mass is 175 g/mol. The Bertz CT molecular complexity index is 96.5. The Morgan fingerprint density at radius 3 is 2.58 bits per heavy atom. The number of rotatable bonds is 7. The van der Waals surface area contributed by atoms with Gasteiger partial charge in [0.1, 0.15) is 0 Å². The minimum absolute atomic E-state index is 0.195. The first-order valence-corrected chi connectivity index (χ1v) is 4.61. The van der Waals surface area contributed by atoms with Crippen LogP contribution in [0.15, 0.2) is 0 Å². The molecule has 1 unspecified atom stereocenters. The van der Waals surface area contributed by atoms with Crippen molar-refractivity contribution in [2.75, 3.05) is 33.4 Å². The van der Waals surface area contributed by atoms with Crippen LogP contribution in [0.2, 0.25) is 0 Å². The van der Waals surface area contributed by atoms with E-state index in [0.717, 1.165) is 32.7 Å². The molecule has 0 rings (SSSR count). The molecule has 0 radical (unpaired) electrons. The number of hydrogen-bond acceptors (Lipinski definition) is 3. The van der Waals surface area contributed by atoms with E-state index in [9.17, 15) is 0 Å². The number of aliphatic hydroxyl groups is 1. The lowest BCUT2D eigenvalue weighted by molar-refractivity contribution is 0.112. The Hall–Kier alpha value is -0.120. The average molecular weight is 175 g/mol. The summed E-state index contributed by atoms with van der Waals surface area (Å²) in [6.07, 6.45) is 0.641. The van der Waals surface area contributed by atoms with Gasteiger partial charge in [-0.1, -0.05) is 0 Å². The summed E-state index contributed by atoms with van der Waals surface area (Å²) >= 11 is 0. The highest BCUT2D eigenvalue weighted by atomic mass is 16.5. The fourth-order valence-corrected chi connectivity index (χ4v) is 0.884. The van der Waals surface area contributed by atoms with Gasteiger partial charge in [-0.2, -0.15) is 0 Å². The lowest BCUT2D eigenvalue weighted by Gasteiger charge is -2.16. The average Bonchev–Trinajstić information content (AvgIpc) is 2.01. The van der Waals surface area contributed by atoms with Crippen LogP contribution in [0.5, 0.6) is 0 Å². The van der Waals surface area contributed by atoms with Gasteiger partial charge in [-0.25, -0.2) is 0 Å². The Balaban J connectivity index is 3.15. The first-order chi connectivity index (χ1) is 5.66. The van der Waals surface area contributed by atoms with Crippen LogP contribution in [0, 0.1) is 0 Å². The molecule has 1 N–H and O–H groups in total. The van der Waals surface area contributed by atoms with Gasteiger partial charge >= 0.3 is 0 Å². The van der Waals surface area contributed by atoms with E-state index < -0.39 is 0 Å². The van der Waals surface area contributed by atoms with E-state index in [4.69, 9.17) is 9.84 Å². The van der Waals surface area contributed by atoms with Gasteiger partial charge in [0.15, 0.2) is 0 Å². The van der Waals surface area contributed by atoms with E-state index >= 15 is 0 Å². The van der Waals surface area contributed by atoms with E-state index in [0.29, 0.717) is 0 Å². The van der Waals surface area contributed by atoms with Crippen molar-refractivity contribution in [1.29, 1.82) is 0 Å². The molecule has 3 nitrogen and oxygen atoms in total. The van der Waals surface area contributed by atoms with Gasteiger partial charge in [-0.15, -0.1) is 0 Å². The van der Waals surface area contributed by atoms with Crippen molar-refractivity contribution in [1.82, 2.24) is 4.90 Å². The van der Waals surface area contributed by atoms with E-state index in [1.165, 1.54) is 0 Å². The smallest absolute Gasteiger partial charge is 0.0593 e. The van der Waals surface area contributed by atoms with Gasteiger partial charge in [0.05, 0.1) is 12.7 Å². The third kappa shape index (κ3) is 7.98. The van der Waals surface area contributed by atoms with Crippen molar-refractivity contribution in [3.05, 3.63) is 0 Å². The number of aliphatic hydroxyl groups excluding tert-OH is 1. The molecule has 0 aromatic heterocycles. The van der Waals surface area contributed by atoms with Crippen molar-refractivity contribution in [2.24, 2.45) is 0 Å². The molecule has 0 aliphatic carbocycles. The van der Waals surface area contributed by atoms with E-state index in [1.54, 1.807) is 0 Å². The van der Waals surface area contributed by atoms with E-state index in [1.807, 2.05) is 20.9 Å². The molecule has 0 aliphatic heterocycles. The maximum atomic E-state index is 9.01. The Morgan fingerprint density at radius 2 is 2.08 bits per heavy atom. The standard InChI is InChI=1S/C9H21NO2/c1-4-12-8-7-10(3)6-5-9(2)11/h9,11H,4-8H2,1-3H3. The van der Waals surface area contributed by atoms with Gasteiger partial charge in [0, 0.05) is 19.7 Å². The topological polar surface area (TPSA) is 32.7 Å². The Morgan fingerprint density at radius 1 is 1.42 bits per heavy atom. The quantitative estimate of drug-likeness (QED) is 0.579. The first-order valence-electron chi connectivity index (χ1n) is 4.61. The predicted molar refractivity (Wildman–Crippen MR) is 50.3 cm³/mol. The van der Waals surface area contributed by atoms with Gasteiger partial charge < -0.3 is 14.7 Å². The normalized spacial score (nSPS) is 13.8. The van der Waals surface area contributed by atoms with Crippen molar-refractivity contribution in [2.45, 2.75) is 26.4 Å². The third-order valence-corrected chi connectivity index (χ3v) is 1.75. The van der Waals surface area contributed by atoms with Crippen molar-refractivity contribution >= 4 is 0 Å². The van der Waals surface area contributed by atoms with E-state index in [-0.39, 0.29) is 6.10 Å². The molecule has 0 aromatic rings. The zero-order valence-electron chi connectivity index (χ0n) is 8.42. The third-order valence-electron chi connectivity index (χ3n) is 1.75. The highest BCUT2D eigenvalue weighted by Crippen LogP contribution is 1.92. The maximum absolute atomic E-state index is 9.01. The first kappa shape index (κ1) is 11.9. The molecule has 0 aromatic carbocycles. The summed E-state index contributed by atoms with van der Waals surface area (Å²) in [5.41, 5.74) is 0. The van der Waals surface area contributed by atoms with Crippen molar-refractivity contribution < 1.29 is 9.84 Å². The summed E-state index contributed by atoms with van der Waals surface area (Å²) in [6, 6.07) is 0. The summed E-state index contributed by atoms with van der Waals surface area (Å²) in [4.78, 5) is 2.17. The molecule has 0 bridgehead atoms. The molecule has 1 atom stereocenters. The molecule has 3 heteroatoms. The molecule has 0 saturated heterocycles. The molecule has 74 valence electrons. The largest absolute Gasteiger partial charge is 0.393 e. The summed E-state index contributed by atoms with van der Waals surface area (Å²) in [7, 11) is 2.04. The van der Waals surface area contributed by atoms with Crippen LogP contribution in [-0.4, -0.2) is 49.5 Å². The molecule has 0 fully saturated rings. The second-order valence-electron chi connectivity index (χ2n) is 3.14. The fourth-order valence-electron chi connectivity index (χ4n) is 0.884. The molecule has 0 heterocycles. The predicted octanol–water partition coefficient (Wildman–Crippen LogP) is 0.726. The van der Waals surface area contributed by atoms with Crippen LogP contribution in [0.4, 0.5) is 0 Å². The Labute approximate surface area is 75.3 Å². The molecule has 0 spiro atoms. The summed E-state index contributed by atoms with van der Waals surface area (Å²) in [5, 5.41) is 9.01. The van der Waals surface area contributed by atoms with Gasteiger partial charge in [0.2, 0.25) is 0 Å². The second kappa shape index (κ2) is 7.53. The van der Waals surface area contributed by atoms with Crippen LogP contribution in [0.1, 0.15) is 20.3 Å². The SMILES string of the molecule is CCOCCN(C)CCC(C)O. The van der Waals surface area contributed by atoms with Gasteiger partial charge in [-0.05, 0) is 27.3 Å². The van der Waals surface area contributed by atoms with Crippen LogP contribution < -0.4 is 0 Å². The summed E-state index contributed by atoms with van der Waals surface area (Å²) in [5.74, 6) is 0. The van der Waals surface area contributed by atoms with Crippen molar-refractivity contribution in [3.8, 4) is 0 Å². The highest BCUT2D eigenvalue weighted by molar-refractivity contribution is 4.54. The molecule has 0 saturated carbocycles. The van der Waals surface area contributed by atoms with Crippen LogP contribution in [-0.2, 0) is 4.74 Å². The summed E-state index contributed by atoms with van der Waals surface area (Å²) < 4.78 is 5.21. The van der Waals surface area contributed by atoms with Crippen LogP contribution in [0.25, 0.3) is 0 Å². The highest BCUT2D eigenvalue weighted by Gasteiger charge is 2.00. The fraction of sp³-hybridized carbons (Fsp3) is 1.00. The molecule has 12 heavy (non-hydrogen) atoms. The minimum atomic E-state index is -0.195. The maximum Gasteiger partial charge on any atom is 0.0593 e. The van der Waals surface area contributed by atoms with Gasteiger partial charge in [0.25, 0.3) is 0 Å². The van der Waals surface area contributed by atoms with Crippen molar-refractivity contribution in [3.63, 3.8) is 0 Å². The Kier molecular flexibility index (Phi) is 7.45. The summed E-state index contributed by atoms with van der Waals surface area (Å²) in [6.45, 7) is 7.26. The van der Waals surface area contributed by atoms with Crippen LogP contribution >= 0.6 is 0 Å². The zero-order valence-corrected chi connectivity index (χ0v) is 8.42. The second-order valence-corrected chi connectivity index (χ2v) is 3.14. The number of hydrogen-bond donors (Lipinski definition) is 1. The molecular formula is C9H21NO2. The van der Waals surface area contributed by atoms with E-state index in [2.05, 4.69) is 4.90 Å². The zero-order chi connectivity index (χ0) is 9.40. The lowest BCUT2D eigenvalue weighted by Crippen LogP contribution is -2.26. The molecular weight excluding hydrogens is 154 g/mol. The molecule has 0 aliphatic rings. The van der Waals surface area contributed by atoms with Gasteiger partial charge in [-0.3, -0.25) is 0 Å².